The van der Waals surface area contributed by atoms with Crippen LogP contribution in [0.25, 0.3) is 0 Å². The van der Waals surface area contributed by atoms with E-state index in [0.717, 1.165) is 23.1 Å². The molecule has 2 aliphatic rings. The van der Waals surface area contributed by atoms with Gasteiger partial charge in [-0.15, -0.1) is 11.6 Å². The molecule has 2 atom stereocenters. The Morgan fingerprint density at radius 2 is 1.94 bits per heavy atom. The second kappa shape index (κ2) is 4.19. The zero-order valence-electron chi connectivity index (χ0n) is 8.94. The number of hydrogen-bond donors (Lipinski definition) is 0. The zero-order chi connectivity index (χ0) is 11.1. The minimum atomic E-state index is 0.365. The molecule has 16 heavy (non-hydrogen) atoms. The molecule has 0 aromatic carbocycles. The van der Waals surface area contributed by atoms with Gasteiger partial charge in [0.25, 0.3) is 0 Å². The van der Waals surface area contributed by atoms with Gasteiger partial charge in [-0.3, -0.25) is 0 Å². The van der Waals surface area contributed by atoms with Gasteiger partial charge in [-0.2, -0.15) is 0 Å². The Morgan fingerprint density at radius 1 is 1.25 bits per heavy atom. The summed E-state index contributed by atoms with van der Waals surface area (Å²) < 4.78 is 1.04. The number of alkyl halides is 1. The number of pyridine rings is 1. The van der Waals surface area contributed by atoms with E-state index in [4.69, 9.17) is 11.6 Å². The third-order valence-corrected chi connectivity index (χ3v) is 4.48. The van der Waals surface area contributed by atoms with Crippen LogP contribution in [0.4, 0.5) is 5.82 Å². The molecule has 1 aromatic rings. The van der Waals surface area contributed by atoms with Gasteiger partial charge < -0.3 is 4.90 Å². The van der Waals surface area contributed by atoms with Gasteiger partial charge in [-0.05, 0) is 53.7 Å². The predicted octanol–water partition coefficient (Wildman–Crippen LogP) is 3.58. The maximum absolute atomic E-state index is 6.27. The van der Waals surface area contributed by atoms with Crippen molar-refractivity contribution in [2.45, 2.75) is 43.1 Å². The molecule has 2 aliphatic heterocycles. The van der Waals surface area contributed by atoms with Crippen LogP contribution < -0.4 is 4.90 Å². The van der Waals surface area contributed by atoms with Gasteiger partial charge in [0.05, 0.1) is 0 Å². The van der Waals surface area contributed by atoms with Crippen molar-refractivity contribution in [1.29, 1.82) is 0 Å². The highest BCUT2D eigenvalue weighted by Gasteiger charge is 2.40. The van der Waals surface area contributed by atoms with Crippen molar-refractivity contribution in [1.82, 2.24) is 4.98 Å². The molecule has 0 radical (unpaired) electrons. The molecular weight excluding hydrogens is 288 g/mol. The van der Waals surface area contributed by atoms with Crippen LogP contribution in [0.5, 0.6) is 0 Å². The largest absolute Gasteiger partial charge is 0.351 e. The molecule has 86 valence electrons. The number of fused-ring (bicyclic) bond motifs is 2. The molecule has 0 saturated carbocycles. The molecule has 2 saturated heterocycles. The van der Waals surface area contributed by atoms with Gasteiger partial charge in [-0.25, -0.2) is 4.98 Å². The number of halogens is 2. The summed E-state index contributed by atoms with van der Waals surface area (Å²) >= 11 is 9.69. The number of piperidine rings is 1. The van der Waals surface area contributed by atoms with E-state index in [1.165, 1.54) is 12.8 Å². The van der Waals surface area contributed by atoms with E-state index in [1.54, 1.807) is 0 Å². The van der Waals surface area contributed by atoms with Crippen LogP contribution in [0.1, 0.15) is 25.7 Å². The van der Waals surface area contributed by atoms with Crippen LogP contribution in [-0.2, 0) is 0 Å². The van der Waals surface area contributed by atoms with Crippen LogP contribution in [0.3, 0.4) is 0 Å². The Bertz CT molecular complexity index is 367. The molecule has 4 heteroatoms. The van der Waals surface area contributed by atoms with Gasteiger partial charge in [0.2, 0.25) is 0 Å². The first-order chi connectivity index (χ1) is 7.74. The first-order valence-corrected chi connectivity index (χ1v) is 7.01. The molecule has 0 spiro atoms. The van der Waals surface area contributed by atoms with Gasteiger partial charge in [0, 0.05) is 28.1 Å². The molecule has 3 heterocycles. The second-order valence-corrected chi connectivity index (χ2v) is 6.23. The lowest BCUT2D eigenvalue weighted by Gasteiger charge is -2.37. The summed E-state index contributed by atoms with van der Waals surface area (Å²) in [7, 11) is 0. The smallest absolute Gasteiger partial charge is 0.129 e. The normalized spacial score (nSPS) is 33.1. The number of anilines is 1. The lowest BCUT2D eigenvalue weighted by atomic mass is 10.0. The van der Waals surface area contributed by atoms with E-state index in [2.05, 4.69) is 37.9 Å². The number of hydrogen-bond acceptors (Lipinski definition) is 2. The van der Waals surface area contributed by atoms with Gasteiger partial charge in [0.1, 0.15) is 5.82 Å². The molecule has 3 rings (SSSR count). The van der Waals surface area contributed by atoms with Crippen LogP contribution in [0, 0.1) is 0 Å². The summed E-state index contributed by atoms with van der Waals surface area (Å²) in [6.45, 7) is 0. The van der Waals surface area contributed by atoms with Crippen LogP contribution in [0.15, 0.2) is 22.8 Å². The third-order valence-electron chi connectivity index (χ3n) is 3.65. The van der Waals surface area contributed by atoms with E-state index < -0.39 is 0 Å². The number of aromatic nitrogens is 1. The zero-order valence-corrected chi connectivity index (χ0v) is 11.3. The molecule has 0 aliphatic carbocycles. The molecule has 0 amide bonds. The SMILES string of the molecule is ClC1CC2CCC(C1)N2c1ccc(Br)cn1. The maximum atomic E-state index is 6.27. The highest BCUT2D eigenvalue weighted by molar-refractivity contribution is 9.10. The summed E-state index contributed by atoms with van der Waals surface area (Å²) in [5.74, 6) is 1.11. The fraction of sp³-hybridized carbons (Fsp3) is 0.583. The lowest BCUT2D eigenvalue weighted by Crippen LogP contribution is -2.43. The summed E-state index contributed by atoms with van der Waals surface area (Å²) in [5.41, 5.74) is 0. The molecule has 2 unspecified atom stereocenters. The van der Waals surface area contributed by atoms with Crippen molar-refractivity contribution in [2.75, 3.05) is 4.90 Å². The van der Waals surface area contributed by atoms with Crippen LogP contribution in [-0.4, -0.2) is 22.4 Å². The van der Waals surface area contributed by atoms with Crippen molar-refractivity contribution in [3.63, 3.8) is 0 Å². The first-order valence-electron chi connectivity index (χ1n) is 5.78. The van der Waals surface area contributed by atoms with Gasteiger partial charge in [-0.1, -0.05) is 0 Å². The van der Waals surface area contributed by atoms with Crippen molar-refractivity contribution in [2.24, 2.45) is 0 Å². The van der Waals surface area contributed by atoms with Crippen molar-refractivity contribution >= 4 is 33.3 Å². The van der Waals surface area contributed by atoms with E-state index in [9.17, 15) is 0 Å². The van der Waals surface area contributed by atoms with E-state index in [0.29, 0.717) is 17.5 Å². The van der Waals surface area contributed by atoms with E-state index >= 15 is 0 Å². The fourth-order valence-corrected chi connectivity index (χ4v) is 3.65. The number of rotatable bonds is 1. The molecule has 2 bridgehead atoms. The molecule has 2 nitrogen and oxygen atoms in total. The standard InChI is InChI=1S/C12H14BrClN2/c13-8-1-4-12(15-7-8)16-10-2-3-11(16)6-9(14)5-10/h1,4,7,9-11H,2-3,5-6H2. The van der Waals surface area contributed by atoms with E-state index in [1.807, 2.05) is 6.20 Å². The Hall–Kier alpha value is -0.280. The van der Waals surface area contributed by atoms with Crippen molar-refractivity contribution in [3.05, 3.63) is 22.8 Å². The molecule has 1 aromatic heterocycles. The average molecular weight is 302 g/mol. The summed E-state index contributed by atoms with van der Waals surface area (Å²) in [4.78, 5) is 6.98. The van der Waals surface area contributed by atoms with Crippen molar-refractivity contribution < 1.29 is 0 Å². The Labute approximate surface area is 109 Å². The molecular formula is C12H14BrClN2. The third kappa shape index (κ3) is 1.84. The minimum absolute atomic E-state index is 0.365. The number of nitrogens with zero attached hydrogens (tertiary/aromatic N) is 2. The summed E-state index contributed by atoms with van der Waals surface area (Å²) in [6, 6.07) is 5.38. The second-order valence-electron chi connectivity index (χ2n) is 4.70. The Balaban J connectivity index is 1.88. The summed E-state index contributed by atoms with van der Waals surface area (Å²) in [6.07, 6.45) is 6.63. The Morgan fingerprint density at radius 3 is 2.50 bits per heavy atom. The monoisotopic (exact) mass is 300 g/mol. The van der Waals surface area contributed by atoms with Gasteiger partial charge >= 0.3 is 0 Å². The molecule has 0 N–H and O–H groups in total. The summed E-state index contributed by atoms with van der Waals surface area (Å²) in [5, 5.41) is 0.365. The highest BCUT2D eigenvalue weighted by Crippen LogP contribution is 2.40. The van der Waals surface area contributed by atoms with Crippen LogP contribution in [0.2, 0.25) is 0 Å². The molecule has 2 fully saturated rings. The lowest BCUT2D eigenvalue weighted by molar-refractivity contribution is 0.470. The minimum Gasteiger partial charge on any atom is -0.351 e. The van der Waals surface area contributed by atoms with Crippen LogP contribution >= 0.6 is 27.5 Å². The quantitative estimate of drug-likeness (QED) is 0.737. The highest BCUT2D eigenvalue weighted by atomic mass is 79.9. The maximum Gasteiger partial charge on any atom is 0.129 e. The average Bonchev–Trinajstić information content (AvgIpc) is 2.54. The Kier molecular flexibility index (Phi) is 2.84. The predicted molar refractivity (Wildman–Crippen MR) is 70.1 cm³/mol. The van der Waals surface area contributed by atoms with Crippen molar-refractivity contribution in [3.8, 4) is 0 Å². The topological polar surface area (TPSA) is 16.1 Å². The van der Waals surface area contributed by atoms with Gasteiger partial charge in [0.15, 0.2) is 0 Å². The van der Waals surface area contributed by atoms with E-state index in [-0.39, 0.29) is 0 Å². The fourth-order valence-electron chi connectivity index (χ4n) is 3.01. The first kappa shape index (κ1) is 10.8.